The molecule has 4 heterocycles. The Balaban J connectivity index is 1.96. The molecule has 0 N–H and O–H groups in total. The molecule has 0 saturated carbocycles. The predicted octanol–water partition coefficient (Wildman–Crippen LogP) is 4.49. The quantitative estimate of drug-likeness (QED) is 0.485. The van der Waals surface area contributed by atoms with Crippen LogP contribution in [0.2, 0.25) is 5.15 Å². The average Bonchev–Trinajstić information content (AvgIpc) is 3.03. The van der Waals surface area contributed by atoms with Crippen LogP contribution in [0.15, 0.2) is 30.7 Å². The van der Waals surface area contributed by atoms with Crippen LogP contribution in [0.1, 0.15) is 10.7 Å². The molecule has 0 aromatic carbocycles. The van der Waals surface area contributed by atoms with E-state index in [1.807, 2.05) is 32.2 Å². The first kappa shape index (κ1) is 16.8. The van der Waals surface area contributed by atoms with Gasteiger partial charge < -0.3 is 4.74 Å². The topological polar surface area (TPSA) is 73.7 Å². The lowest BCUT2D eigenvalue weighted by Gasteiger charge is -2.08. The molecule has 0 fully saturated rings. The summed E-state index contributed by atoms with van der Waals surface area (Å²) in [6, 6.07) is 5.73. The zero-order valence-corrected chi connectivity index (χ0v) is 15.9. The van der Waals surface area contributed by atoms with Crippen molar-refractivity contribution in [3.63, 3.8) is 0 Å². The zero-order chi connectivity index (χ0) is 18.3. The summed E-state index contributed by atoms with van der Waals surface area (Å²) >= 11 is 7.78. The molecule has 0 spiro atoms. The van der Waals surface area contributed by atoms with Crippen molar-refractivity contribution in [1.82, 2.24) is 24.9 Å². The van der Waals surface area contributed by atoms with Gasteiger partial charge in [0.1, 0.15) is 17.5 Å². The van der Waals surface area contributed by atoms with E-state index in [4.69, 9.17) is 16.3 Å². The van der Waals surface area contributed by atoms with Crippen LogP contribution in [0.4, 0.5) is 0 Å². The standard InChI is InChI=1S/C18H14ClN5OS/c1-9-4-5-11(7-20-9)14-17(26-10(2)23-14)16-15-12(21-8-22-16)6-13(25-3)18(19)24-15/h4-8H,1-3H3. The van der Waals surface area contributed by atoms with E-state index >= 15 is 0 Å². The molecular weight excluding hydrogens is 370 g/mol. The maximum absolute atomic E-state index is 6.23. The van der Waals surface area contributed by atoms with Crippen molar-refractivity contribution in [1.29, 1.82) is 0 Å². The number of aromatic nitrogens is 5. The Morgan fingerprint density at radius 1 is 1.04 bits per heavy atom. The lowest BCUT2D eigenvalue weighted by atomic mass is 10.1. The number of hydrogen-bond acceptors (Lipinski definition) is 7. The molecule has 0 saturated heterocycles. The van der Waals surface area contributed by atoms with Crippen LogP contribution in [0.3, 0.4) is 0 Å². The summed E-state index contributed by atoms with van der Waals surface area (Å²) in [5, 5.41) is 1.21. The van der Waals surface area contributed by atoms with E-state index in [9.17, 15) is 0 Å². The Morgan fingerprint density at radius 3 is 2.62 bits per heavy atom. The first-order chi connectivity index (χ1) is 12.6. The summed E-state index contributed by atoms with van der Waals surface area (Å²) in [4.78, 5) is 23.2. The molecule has 0 unspecified atom stereocenters. The van der Waals surface area contributed by atoms with Crippen molar-refractivity contribution in [2.45, 2.75) is 13.8 Å². The van der Waals surface area contributed by atoms with Gasteiger partial charge in [-0.2, -0.15) is 0 Å². The van der Waals surface area contributed by atoms with E-state index in [0.717, 1.165) is 26.8 Å². The van der Waals surface area contributed by atoms with Gasteiger partial charge >= 0.3 is 0 Å². The first-order valence-corrected chi connectivity index (χ1v) is 9.02. The van der Waals surface area contributed by atoms with E-state index in [1.54, 1.807) is 24.5 Å². The lowest BCUT2D eigenvalue weighted by Crippen LogP contribution is -1.95. The van der Waals surface area contributed by atoms with Gasteiger partial charge in [-0.15, -0.1) is 11.3 Å². The third kappa shape index (κ3) is 2.89. The average molecular weight is 384 g/mol. The summed E-state index contributed by atoms with van der Waals surface area (Å²) in [5.41, 5.74) is 4.68. The Kier molecular flexibility index (Phi) is 4.26. The fourth-order valence-corrected chi connectivity index (χ4v) is 3.80. The summed E-state index contributed by atoms with van der Waals surface area (Å²) in [6.07, 6.45) is 3.33. The fourth-order valence-electron chi connectivity index (χ4n) is 2.65. The molecule has 0 bridgehead atoms. The van der Waals surface area contributed by atoms with Crippen LogP contribution in [0.5, 0.6) is 5.75 Å². The van der Waals surface area contributed by atoms with Crippen LogP contribution in [-0.4, -0.2) is 32.0 Å². The number of aryl methyl sites for hydroxylation is 2. The summed E-state index contributed by atoms with van der Waals surface area (Å²) < 4.78 is 5.23. The number of pyridine rings is 2. The third-order valence-electron chi connectivity index (χ3n) is 3.89. The summed E-state index contributed by atoms with van der Waals surface area (Å²) in [6.45, 7) is 3.92. The predicted molar refractivity (Wildman–Crippen MR) is 103 cm³/mol. The highest BCUT2D eigenvalue weighted by molar-refractivity contribution is 7.15. The van der Waals surface area contributed by atoms with Gasteiger partial charge in [-0.3, -0.25) is 4.98 Å². The van der Waals surface area contributed by atoms with Gasteiger partial charge in [-0.1, -0.05) is 11.6 Å². The maximum atomic E-state index is 6.23. The number of hydrogen-bond donors (Lipinski definition) is 0. The van der Waals surface area contributed by atoms with Gasteiger partial charge in [0, 0.05) is 23.5 Å². The monoisotopic (exact) mass is 383 g/mol. The SMILES string of the molecule is COc1cc2ncnc(-c3sc(C)nc3-c3ccc(C)nc3)c2nc1Cl. The minimum atomic E-state index is 0.274. The molecule has 130 valence electrons. The molecule has 0 aliphatic rings. The molecule has 6 nitrogen and oxygen atoms in total. The minimum absolute atomic E-state index is 0.274. The molecule has 26 heavy (non-hydrogen) atoms. The summed E-state index contributed by atoms with van der Waals surface area (Å²) in [5.74, 6) is 0.479. The highest BCUT2D eigenvalue weighted by Gasteiger charge is 2.19. The number of nitrogens with zero attached hydrogens (tertiary/aromatic N) is 5. The van der Waals surface area contributed by atoms with Gasteiger partial charge in [-0.05, 0) is 26.0 Å². The molecule has 8 heteroatoms. The van der Waals surface area contributed by atoms with Crippen molar-refractivity contribution >= 4 is 34.0 Å². The van der Waals surface area contributed by atoms with Crippen molar-refractivity contribution in [2.24, 2.45) is 0 Å². The third-order valence-corrected chi connectivity index (χ3v) is 5.13. The zero-order valence-electron chi connectivity index (χ0n) is 14.3. The molecule has 0 atom stereocenters. The molecule has 0 radical (unpaired) electrons. The smallest absolute Gasteiger partial charge is 0.171 e. The highest BCUT2D eigenvalue weighted by atomic mass is 35.5. The van der Waals surface area contributed by atoms with Gasteiger partial charge in [-0.25, -0.2) is 19.9 Å². The second-order valence-corrected chi connectivity index (χ2v) is 7.23. The van der Waals surface area contributed by atoms with Crippen LogP contribution in [0, 0.1) is 13.8 Å². The first-order valence-electron chi connectivity index (χ1n) is 7.83. The second-order valence-electron chi connectivity index (χ2n) is 5.67. The van der Waals surface area contributed by atoms with Crippen molar-refractivity contribution in [2.75, 3.05) is 7.11 Å². The second kappa shape index (κ2) is 6.59. The Labute approximate surface area is 158 Å². The Morgan fingerprint density at radius 2 is 1.88 bits per heavy atom. The lowest BCUT2D eigenvalue weighted by molar-refractivity contribution is 0.414. The van der Waals surface area contributed by atoms with E-state index in [2.05, 4.69) is 24.9 Å². The molecule has 0 amide bonds. The number of ether oxygens (including phenoxy) is 1. The number of rotatable bonds is 3. The highest BCUT2D eigenvalue weighted by Crippen LogP contribution is 2.39. The van der Waals surface area contributed by atoms with Crippen LogP contribution in [0.25, 0.3) is 32.9 Å². The van der Waals surface area contributed by atoms with E-state index in [0.29, 0.717) is 22.5 Å². The number of halogens is 1. The molecule has 0 aliphatic heterocycles. The fraction of sp³-hybridized carbons (Fsp3) is 0.167. The minimum Gasteiger partial charge on any atom is -0.493 e. The normalized spacial score (nSPS) is 11.1. The molecule has 4 rings (SSSR count). The van der Waals surface area contributed by atoms with Gasteiger partial charge in [0.25, 0.3) is 0 Å². The maximum Gasteiger partial charge on any atom is 0.171 e. The van der Waals surface area contributed by atoms with Crippen LogP contribution in [-0.2, 0) is 0 Å². The molecular formula is C18H14ClN5OS. The molecule has 0 aliphatic carbocycles. The van der Waals surface area contributed by atoms with Crippen molar-refractivity contribution in [3.05, 3.63) is 46.6 Å². The van der Waals surface area contributed by atoms with Gasteiger partial charge in [0.2, 0.25) is 0 Å². The van der Waals surface area contributed by atoms with Crippen LogP contribution >= 0.6 is 22.9 Å². The Bertz CT molecular complexity index is 1110. The Hall–Kier alpha value is -2.64. The number of fused-ring (bicyclic) bond motifs is 1. The number of thiazole rings is 1. The van der Waals surface area contributed by atoms with Gasteiger partial charge in [0.15, 0.2) is 10.9 Å². The van der Waals surface area contributed by atoms with Crippen LogP contribution < -0.4 is 4.74 Å². The summed E-state index contributed by atoms with van der Waals surface area (Å²) in [7, 11) is 1.55. The van der Waals surface area contributed by atoms with Crippen molar-refractivity contribution in [3.8, 4) is 27.6 Å². The number of methoxy groups -OCH3 is 1. The van der Waals surface area contributed by atoms with Gasteiger partial charge in [0.05, 0.1) is 28.2 Å². The van der Waals surface area contributed by atoms with Crippen molar-refractivity contribution < 1.29 is 4.74 Å². The van der Waals surface area contributed by atoms with E-state index in [1.165, 1.54) is 6.33 Å². The largest absolute Gasteiger partial charge is 0.493 e. The molecule has 4 aromatic heterocycles. The van der Waals surface area contributed by atoms with E-state index < -0.39 is 0 Å². The molecule has 4 aromatic rings. The van der Waals surface area contributed by atoms with E-state index in [-0.39, 0.29) is 5.15 Å².